The average molecular weight is 247 g/mol. The molecule has 0 spiro atoms. The first kappa shape index (κ1) is 13.4. The van der Waals surface area contributed by atoms with Crippen molar-refractivity contribution in [3.63, 3.8) is 0 Å². The van der Waals surface area contributed by atoms with Crippen molar-refractivity contribution >= 4 is 0 Å². The Kier molecular flexibility index (Phi) is 5.06. The molecule has 2 rings (SSSR count). The largest absolute Gasteiger partial charge is 0.490 e. The number of para-hydroxylation sites is 1. The van der Waals surface area contributed by atoms with Crippen molar-refractivity contribution in [2.75, 3.05) is 7.05 Å². The summed E-state index contributed by atoms with van der Waals surface area (Å²) in [6, 6.07) is 8.38. The van der Waals surface area contributed by atoms with Crippen molar-refractivity contribution in [3.05, 3.63) is 29.8 Å². The van der Waals surface area contributed by atoms with E-state index in [0.717, 1.165) is 18.2 Å². The van der Waals surface area contributed by atoms with Crippen molar-refractivity contribution in [2.24, 2.45) is 5.92 Å². The topological polar surface area (TPSA) is 21.3 Å². The summed E-state index contributed by atoms with van der Waals surface area (Å²) >= 11 is 0. The average Bonchev–Trinajstić information content (AvgIpc) is 2.42. The highest BCUT2D eigenvalue weighted by Gasteiger charge is 2.21. The van der Waals surface area contributed by atoms with E-state index in [0.29, 0.717) is 6.10 Å². The molecule has 0 aromatic heterocycles. The van der Waals surface area contributed by atoms with Gasteiger partial charge in [0.1, 0.15) is 5.75 Å². The highest BCUT2D eigenvalue weighted by atomic mass is 16.5. The van der Waals surface area contributed by atoms with Crippen LogP contribution in [0.5, 0.6) is 5.75 Å². The van der Waals surface area contributed by atoms with E-state index in [2.05, 4.69) is 36.5 Å². The van der Waals surface area contributed by atoms with Crippen molar-refractivity contribution in [3.8, 4) is 5.75 Å². The minimum Gasteiger partial charge on any atom is -0.490 e. The maximum Gasteiger partial charge on any atom is 0.124 e. The molecule has 0 saturated heterocycles. The maximum absolute atomic E-state index is 6.19. The minimum atomic E-state index is 0.422. The Bertz CT molecular complexity index is 356. The van der Waals surface area contributed by atoms with Crippen LogP contribution in [-0.2, 0) is 6.54 Å². The van der Waals surface area contributed by atoms with Crippen LogP contribution in [0.4, 0.5) is 0 Å². The van der Waals surface area contributed by atoms with E-state index in [9.17, 15) is 0 Å². The van der Waals surface area contributed by atoms with Crippen LogP contribution >= 0.6 is 0 Å². The Balaban J connectivity index is 1.93. The Morgan fingerprint density at radius 1 is 1.17 bits per heavy atom. The summed E-state index contributed by atoms with van der Waals surface area (Å²) in [4.78, 5) is 0. The van der Waals surface area contributed by atoms with Gasteiger partial charge in [-0.1, -0.05) is 31.5 Å². The Morgan fingerprint density at radius 3 is 2.56 bits per heavy atom. The number of hydrogen-bond donors (Lipinski definition) is 1. The lowest BCUT2D eigenvalue weighted by Crippen LogP contribution is -2.24. The van der Waals surface area contributed by atoms with Crippen molar-refractivity contribution in [2.45, 2.75) is 51.7 Å². The monoisotopic (exact) mass is 247 g/mol. The first-order valence-electron chi connectivity index (χ1n) is 7.22. The lowest BCUT2D eigenvalue weighted by atomic mass is 9.86. The molecule has 0 heterocycles. The summed E-state index contributed by atoms with van der Waals surface area (Å²) < 4.78 is 6.19. The molecular weight excluding hydrogens is 222 g/mol. The van der Waals surface area contributed by atoms with Crippen molar-refractivity contribution in [1.29, 1.82) is 0 Å². The molecule has 1 fully saturated rings. The summed E-state index contributed by atoms with van der Waals surface area (Å²) in [5.41, 5.74) is 1.26. The van der Waals surface area contributed by atoms with Crippen LogP contribution in [0.15, 0.2) is 24.3 Å². The third-order valence-electron chi connectivity index (χ3n) is 4.00. The number of nitrogens with one attached hydrogen (secondary N) is 1. The van der Waals surface area contributed by atoms with E-state index < -0.39 is 0 Å². The number of benzene rings is 1. The van der Waals surface area contributed by atoms with Crippen molar-refractivity contribution < 1.29 is 4.74 Å². The maximum atomic E-state index is 6.19. The van der Waals surface area contributed by atoms with Gasteiger partial charge in [0, 0.05) is 12.1 Å². The second kappa shape index (κ2) is 6.79. The second-order valence-electron chi connectivity index (χ2n) is 5.31. The molecule has 0 unspecified atom stereocenters. The smallest absolute Gasteiger partial charge is 0.124 e. The molecule has 1 aromatic carbocycles. The van der Waals surface area contributed by atoms with E-state index in [-0.39, 0.29) is 0 Å². The zero-order valence-corrected chi connectivity index (χ0v) is 11.6. The summed E-state index contributed by atoms with van der Waals surface area (Å²) in [5, 5.41) is 3.20. The van der Waals surface area contributed by atoms with Crippen LogP contribution in [0.25, 0.3) is 0 Å². The molecule has 1 aliphatic rings. The fourth-order valence-electron chi connectivity index (χ4n) is 2.79. The standard InChI is InChI=1S/C16H25NO/c1-3-13-8-10-15(11-9-13)18-16-7-5-4-6-14(16)12-17-2/h4-7,13,15,17H,3,8-12H2,1-2H3. The van der Waals surface area contributed by atoms with Gasteiger partial charge in [-0.15, -0.1) is 0 Å². The van der Waals surface area contributed by atoms with Gasteiger partial charge in [-0.05, 0) is 44.7 Å². The molecule has 0 amide bonds. The van der Waals surface area contributed by atoms with E-state index in [1.165, 1.54) is 37.7 Å². The Hall–Kier alpha value is -1.02. The van der Waals surface area contributed by atoms with E-state index >= 15 is 0 Å². The highest BCUT2D eigenvalue weighted by Crippen LogP contribution is 2.30. The van der Waals surface area contributed by atoms with Gasteiger partial charge in [0.15, 0.2) is 0 Å². The summed E-state index contributed by atoms with van der Waals surface area (Å²) in [5.74, 6) is 1.99. The van der Waals surface area contributed by atoms with Crippen LogP contribution in [0.2, 0.25) is 0 Å². The first-order valence-corrected chi connectivity index (χ1v) is 7.22. The lowest BCUT2D eigenvalue weighted by molar-refractivity contribution is 0.128. The Morgan fingerprint density at radius 2 is 1.89 bits per heavy atom. The van der Waals surface area contributed by atoms with Gasteiger partial charge >= 0.3 is 0 Å². The molecule has 0 bridgehead atoms. The summed E-state index contributed by atoms with van der Waals surface area (Å²) in [7, 11) is 1.98. The van der Waals surface area contributed by atoms with E-state index in [4.69, 9.17) is 4.74 Å². The lowest BCUT2D eigenvalue weighted by Gasteiger charge is -2.29. The van der Waals surface area contributed by atoms with Crippen LogP contribution in [0.3, 0.4) is 0 Å². The predicted octanol–water partition coefficient (Wildman–Crippen LogP) is 3.75. The first-order chi connectivity index (χ1) is 8.83. The molecule has 0 atom stereocenters. The molecule has 1 aliphatic carbocycles. The molecule has 1 N–H and O–H groups in total. The van der Waals surface area contributed by atoms with Gasteiger partial charge in [-0.2, -0.15) is 0 Å². The minimum absolute atomic E-state index is 0.422. The molecule has 1 saturated carbocycles. The molecule has 2 nitrogen and oxygen atoms in total. The number of ether oxygens (including phenoxy) is 1. The fraction of sp³-hybridized carbons (Fsp3) is 0.625. The van der Waals surface area contributed by atoms with Crippen LogP contribution in [0, 0.1) is 5.92 Å². The zero-order chi connectivity index (χ0) is 12.8. The van der Waals surface area contributed by atoms with E-state index in [1.807, 2.05) is 7.05 Å². The van der Waals surface area contributed by atoms with Gasteiger partial charge in [-0.25, -0.2) is 0 Å². The molecule has 100 valence electrons. The molecule has 18 heavy (non-hydrogen) atoms. The van der Waals surface area contributed by atoms with Gasteiger partial charge in [0.05, 0.1) is 6.10 Å². The quantitative estimate of drug-likeness (QED) is 0.855. The molecule has 0 aliphatic heterocycles. The van der Waals surface area contributed by atoms with Crippen LogP contribution in [-0.4, -0.2) is 13.2 Å². The Labute approximate surface area is 111 Å². The number of rotatable bonds is 5. The van der Waals surface area contributed by atoms with Crippen LogP contribution < -0.4 is 10.1 Å². The summed E-state index contributed by atoms with van der Waals surface area (Å²) in [6.07, 6.45) is 6.83. The van der Waals surface area contributed by atoms with Gasteiger partial charge in [0.2, 0.25) is 0 Å². The van der Waals surface area contributed by atoms with Gasteiger partial charge in [0.25, 0.3) is 0 Å². The third-order valence-corrected chi connectivity index (χ3v) is 4.00. The normalized spacial score (nSPS) is 23.9. The SMILES string of the molecule is CCC1CCC(Oc2ccccc2CNC)CC1. The zero-order valence-electron chi connectivity index (χ0n) is 11.6. The fourth-order valence-corrected chi connectivity index (χ4v) is 2.79. The van der Waals surface area contributed by atoms with Gasteiger partial charge < -0.3 is 10.1 Å². The molecule has 2 heteroatoms. The van der Waals surface area contributed by atoms with Gasteiger partial charge in [-0.3, -0.25) is 0 Å². The molecular formula is C16H25NO. The third kappa shape index (κ3) is 3.49. The second-order valence-corrected chi connectivity index (χ2v) is 5.31. The van der Waals surface area contributed by atoms with Crippen molar-refractivity contribution in [1.82, 2.24) is 5.32 Å². The number of hydrogen-bond acceptors (Lipinski definition) is 2. The molecule has 1 aromatic rings. The highest BCUT2D eigenvalue weighted by molar-refractivity contribution is 5.33. The van der Waals surface area contributed by atoms with E-state index in [1.54, 1.807) is 0 Å². The molecule has 0 radical (unpaired) electrons. The predicted molar refractivity (Wildman–Crippen MR) is 75.9 cm³/mol. The van der Waals surface area contributed by atoms with Crippen LogP contribution in [0.1, 0.15) is 44.6 Å². The summed E-state index contributed by atoms with van der Waals surface area (Å²) in [6.45, 7) is 3.18.